The average Bonchev–Trinajstić information content (AvgIpc) is 2.90. The Morgan fingerprint density at radius 2 is 1.67 bits per heavy atom. The molecule has 0 amide bonds. The maximum Gasteiger partial charge on any atom is 0.332 e. The fraction of sp³-hybridized carbons (Fsp3) is 0.320. The van der Waals surface area contributed by atoms with E-state index in [2.05, 4.69) is 4.90 Å². The first kappa shape index (κ1) is 25.4. The van der Waals surface area contributed by atoms with E-state index >= 15 is 0 Å². The van der Waals surface area contributed by atoms with Gasteiger partial charge in [0.2, 0.25) is 0 Å². The molecule has 0 spiro atoms. The molecule has 3 aromatic rings. The summed E-state index contributed by atoms with van der Waals surface area (Å²) in [5.74, 6) is 1.08. The van der Waals surface area contributed by atoms with Gasteiger partial charge in [-0.05, 0) is 6.07 Å². The van der Waals surface area contributed by atoms with Gasteiger partial charge < -0.3 is 4.90 Å². The number of carbonyl (C=O) groups is 1. The lowest BCUT2D eigenvalue weighted by molar-refractivity contribution is -0.384. The Labute approximate surface area is 211 Å². The van der Waals surface area contributed by atoms with Crippen LogP contribution in [0.15, 0.2) is 69.1 Å². The second kappa shape index (κ2) is 10.9. The lowest BCUT2D eigenvalue weighted by Crippen LogP contribution is -2.49. The minimum absolute atomic E-state index is 0.111. The summed E-state index contributed by atoms with van der Waals surface area (Å²) in [6.07, 6.45) is 0. The predicted molar refractivity (Wildman–Crippen MR) is 139 cm³/mol. The van der Waals surface area contributed by atoms with Gasteiger partial charge in [0.15, 0.2) is 5.78 Å². The number of hydrogen-bond acceptors (Lipinski definition) is 8. The van der Waals surface area contributed by atoms with Gasteiger partial charge in [0, 0.05) is 86.8 Å². The zero-order valence-electron chi connectivity index (χ0n) is 20.1. The van der Waals surface area contributed by atoms with E-state index in [1.807, 2.05) is 11.0 Å². The van der Waals surface area contributed by atoms with Crippen LogP contribution in [0, 0.1) is 10.1 Å². The summed E-state index contributed by atoms with van der Waals surface area (Å²) in [7, 11) is 3.13. The molecule has 0 unspecified atom stereocenters. The SMILES string of the molecule is Cn1c(N2CCN(CCSc3ccc([N+](=O)[O-])cc3C(=O)c3ccccc3)CC2)cc(=O)n(C)c1=O. The maximum absolute atomic E-state index is 13.1. The van der Waals surface area contributed by atoms with Crippen LogP contribution in [0.25, 0.3) is 0 Å². The number of anilines is 1. The second-order valence-corrected chi connectivity index (χ2v) is 9.69. The van der Waals surface area contributed by atoms with Gasteiger partial charge >= 0.3 is 5.69 Å². The lowest BCUT2D eigenvalue weighted by Gasteiger charge is -2.36. The van der Waals surface area contributed by atoms with Crippen LogP contribution in [0.2, 0.25) is 0 Å². The molecule has 1 aromatic heterocycles. The van der Waals surface area contributed by atoms with Gasteiger partial charge in [0.05, 0.1) is 4.92 Å². The minimum atomic E-state index is -0.492. The first-order chi connectivity index (χ1) is 17.3. The molecule has 0 saturated carbocycles. The van der Waals surface area contributed by atoms with Crippen LogP contribution in [0.3, 0.4) is 0 Å². The predicted octanol–water partition coefficient (Wildman–Crippen LogP) is 2.14. The summed E-state index contributed by atoms with van der Waals surface area (Å²) in [5.41, 5.74) is 0.0361. The Kier molecular flexibility index (Phi) is 7.70. The average molecular weight is 510 g/mol. The van der Waals surface area contributed by atoms with Gasteiger partial charge in [-0.15, -0.1) is 11.8 Å². The Bertz CT molecular complexity index is 1390. The normalized spacial score (nSPS) is 14.1. The number of nitro groups is 1. The van der Waals surface area contributed by atoms with Crippen molar-refractivity contribution in [2.45, 2.75) is 4.90 Å². The van der Waals surface area contributed by atoms with Crippen molar-refractivity contribution in [3.05, 3.63) is 96.7 Å². The number of carbonyl (C=O) groups excluding carboxylic acids is 1. The topological polar surface area (TPSA) is 111 Å². The highest BCUT2D eigenvalue weighted by Crippen LogP contribution is 2.29. The van der Waals surface area contributed by atoms with Gasteiger partial charge in [0.25, 0.3) is 11.2 Å². The van der Waals surface area contributed by atoms with Crippen LogP contribution in [0.1, 0.15) is 15.9 Å². The van der Waals surface area contributed by atoms with Crippen molar-refractivity contribution in [3.8, 4) is 0 Å². The molecule has 1 aliphatic rings. The Hall–Kier alpha value is -3.70. The first-order valence-electron chi connectivity index (χ1n) is 11.5. The molecule has 188 valence electrons. The molecule has 1 saturated heterocycles. The van der Waals surface area contributed by atoms with Crippen LogP contribution in [0.5, 0.6) is 0 Å². The Morgan fingerprint density at radius 1 is 0.972 bits per heavy atom. The summed E-state index contributed by atoms with van der Waals surface area (Å²) in [6, 6.07) is 14.7. The third-order valence-electron chi connectivity index (χ3n) is 6.32. The highest BCUT2D eigenvalue weighted by atomic mass is 32.2. The van der Waals surface area contributed by atoms with E-state index in [1.54, 1.807) is 37.4 Å². The summed E-state index contributed by atoms with van der Waals surface area (Å²) in [6.45, 7) is 3.66. The van der Waals surface area contributed by atoms with E-state index in [0.717, 1.165) is 24.2 Å². The number of hydrogen-bond donors (Lipinski definition) is 0. The van der Waals surface area contributed by atoms with Gasteiger partial charge in [-0.2, -0.15) is 0 Å². The second-order valence-electron chi connectivity index (χ2n) is 8.55. The number of aromatic nitrogens is 2. The Balaban J connectivity index is 1.39. The third kappa shape index (κ3) is 5.42. The summed E-state index contributed by atoms with van der Waals surface area (Å²) >= 11 is 1.50. The van der Waals surface area contributed by atoms with Gasteiger partial charge in [0.1, 0.15) is 5.82 Å². The number of benzene rings is 2. The molecule has 2 aromatic carbocycles. The van der Waals surface area contributed by atoms with Crippen molar-refractivity contribution in [2.75, 3.05) is 43.4 Å². The third-order valence-corrected chi connectivity index (χ3v) is 7.37. The number of rotatable bonds is 8. The fourth-order valence-corrected chi connectivity index (χ4v) is 5.23. The monoisotopic (exact) mass is 509 g/mol. The maximum atomic E-state index is 13.1. The standard InChI is InChI=1S/C25H27N5O5S/c1-26-22(17-23(31)27(2)25(26)33)29-12-10-28(11-13-29)14-15-36-21-9-8-19(30(34)35)16-20(21)24(32)18-6-4-3-5-7-18/h3-9,16-17H,10-15H2,1-2H3. The fourth-order valence-electron chi connectivity index (χ4n) is 4.19. The molecule has 0 radical (unpaired) electrons. The zero-order valence-corrected chi connectivity index (χ0v) is 20.9. The number of thioether (sulfide) groups is 1. The zero-order chi connectivity index (χ0) is 25.8. The molecule has 1 fully saturated rings. The molecule has 0 bridgehead atoms. The smallest absolute Gasteiger partial charge is 0.332 e. The van der Waals surface area contributed by atoms with E-state index in [1.165, 1.54) is 41.6 Å². The van der Waals surface area contributed by atoms with Gasteiger partial charge in [-0.25, -0.2) is 4.79 Å². The van der Waals surface area contributed by atoms with Crippen molar-refractivity contribution < 1.29 is 9.72 Å². The van der Waals surface area contributed by atoms with Crippen molar-refractivity contribution in [2.24, 2.45) is 14.1 Å². The number of non-ortho nitro benzene ring substituents is 1. The number of nitrogens with zero attached hydrogens (tertiary/aromatic N) is 5. The highest BCUT2D eigenvalue weighted by molar-refractivity contribution is 7.99. The molecule has 0 atom stereocenters. The number of piperazine rings is 1. The largest absolute Gasteiger partial charge is 0.355 e. The molecular formula is C25H27N5O5S. The minimum Gasteiger partial charge on any atom is -0.355 e. The first-order valence-corrected chi connectivity index (χ1v) is 12.5. The van der Waals surface area contributed by atoms with E-state index in [-0.39, 0.29) is 22.7 Å². The number of ketones is 1. The molecule has 0 aliphatic carbocycles. The van der Waals surface area contributed by atoms with Gasteiger partial charge in [-0.3, -0.25) is 33.7 Å². The molecule has 4 rings (SSSR count). The molecule has 36 heavy (non-hydrogen) atoms. The molecule has 11 heteroatoms. The van der Waals surface area contributed by atoms with E-state index in [4.69, 9.17) is 0 Å². The molecular weight excluding hydrogens is 482 g/mol. The van der Waals surface area contributed by atoms with Gasteiger partial charge in [-0.1, -0.05) is 30.3 Å². The Morgan fingerprint density at radius 3 is 2.33 bits per heavy atom. The van der Waals surface area contributed by atoms with Crippen molar-refractivity contribution in [3.63, 3.8) is 0 Å². The van der Waals surface area contributed by atoms with E-state index in [9.17, 15) is 24.5 Å². The van der Waals surface area contributed by atoms with E-state index < -0.39 is 4.92 Å². The van der Waals surface area contributed by atoms with Crippen molar-refractivity contribution in [1.82, 2.24) is 14.0 Å². The van der Waals surface area contributed by atoms with Crippen LogP contribution < -0.4 is 16.1 Å². The molecule has 0 N–H and O–H groups in total. The van der Waals surface area contributed by atoms with Crippen LogP contribution in [-0.4, -0.2) is 63.2 Å². The van der Waals surface area contributed by atoms with E-state index in [0.29, 0.717) is 40.7 Å². The van der Waals surface area contributed by atoms with Crippen LogP contribution in [-0.2, 0) is 14.1 Å². The summed E-state index contributed by atoms with van der Waals surface area (Å²) in [4.78, 5) is 53.2. The van der Waals surface area contributed by atoms with Crippen LogP contribution in [0.4, 0.5) is 11.5 Å². The molecule has 10 nitrogen and oxygen atoms in total. The van der Waals surface area contributed by atoms with Crippen LogP contribution >= 0.6 is 11.8 Å². The molecule has 2 heterocycles. The molecule has 1 aliphatic heterocycles. The summed E-state index contributed by atoms with van der Waals surface area (Å²) < 4.78 is 2.58. The van der Waals surface area contributed by atoms with Crippen molar-refractivity contribution >= 4 is 29.1 Å². The number of nitro benzene ring substituents is 1. The lowest BCUT2D eigenvalue weighted by atomic mass is 10.0. The quantitative estimate of drug-likeness (QED) is 0.197. The van der Waals surface area contributed by atoms with Crippen molar-refractivity contribution in [1.29, 1.82) is 0 Å². The highest BCUT2D eigenvalue weighted by Gasteiger charge is 2.22. The summed E-state index contributed by atoms with van der Waals surface area (Å²) in [5, 5.41) is 11.3.